The molecule has 1 aliphatic heterocycles. The summed E-state index contributed by atoms with van der Waals surface area (Å²) in [5.74, 6) is 0.861. The molecule has 2 aromatic rings. The molecule has 0 radical (unpaired) electrons. The average molecular weight is 429 g/mol. The summed E-state index contributed by atoms with van der Waals surface area (Å²) in [6.45, 7) is 3.78. The summed E-state index contributed by atoms with van der Waals surface area (Å²) in [5, 5.41) is 19.9. The van der Waals surface area contributed by atoms with Gasteiger partial charge in [0, 0.05) is 24.0 Å². The molecule has 1 saturated carbocycles. The van der Waals surface area contributed by atoms with Gasteiger partial charge in [-0.05, 0) is 56.4 Å². The Hall–Kier alpha value is -1.79. The first-order valence-corrected chi connectivity index (χ1v) is 11.9. The first-order valence-electron chi connectivity index (χ1n) is 11.1. The highest BCUT2D eigenvalue weighted by molar-refractivity contribution is 7.19. The third kappa shape index (κ3) is 3.92. The van der Waals surface area contributed by atoms with Crippen molar-refractivity contribution in [2.45, 2.75) is 69.1 Å². The van der Waals surface area contributed by atoms with Crippen LogP contribution in [0.3, 0.4) is 0 Å². The van der Waals surface area contributed by atoms with Crippen LogP contribution >= 0.6 is 11.3 Å². The predicted molar refractivity (Wildman–Crippen MR) is 114 cm³/mol. The number of aromatic nitrogens is 2. The quantitative estimate of drug-likeness (QED) is 0.732. The largest absolute Gasteiger partial charge is 0.474 e. The molecule has 0 bridgehead atoms. The molecule has 0 amide bonds. The second-order valence-electron chi connectivity index (χ2n) is 8.61. The van der Waals surface area contributed by atoms with E-state index in [1.54, 1.807) is 17.7 Å². The number of nitrogens with zero attached hydrogens (tertiary/aromatic N) is 4. The highest BCUT2D eigenvalue weighted by atomic mass is 32.1. The molecule has 0 spiro atoms. The van der Waals surface area contributed by atoms with Crippen molar-refractivity contribution in [1.82, 2.24) is 14.9 Å². The fourth-order valence-electron chi connectivity index (χ4n) is 5.32. The van der Waals surface area contributed by atoms with E-state index < -0.39 is 6.10 Å². The third-order valence-corrected chi connectivity index (χ3v) is 8.01. The molecule has 2 fully saturated rings. The fraction of sp³-hybridized carbons (Fsp3) is 0.682. The van der Waals surface area contributed by atoms with E-state index in [-0.39, 0.29) is 12.0 Å². The highest BCUT2D eigenvalue weighted by Crippen LogP contribution is 2.47. The molecule has 7 nitrogen and oxygen atoms in total. The lowest BCUT2D eigenvalue weighted by Gasteiger charge is -2.38. The second-order valence-corrected chi connectivity index (χ2v) is 9.69. The zero-order chi connectivity index (χ0) is 20.5. The molecule has 1 N–H and O–H groups in total. The van der Waals surface area contributed by atoms with E-state index >= 15 is 0 Å². The van der Waals surface area contributed by atoms with E-state index in [2.05, 4.69) is 14.9 Å². The highest BCUT2D eigenvalue weighted by Gasteiger charge is 2.33. The number of aliphatic hydroxyl groups is 1. The Balaban J connectivity index is 1.31. The Bertz CT molecular complexity index is 928. The maximum Gasteiger partial charge on any atom is 0.225 e. The normalized spacial score (nSPS) is 28.2. The van der Waals surface area contributed by atoms with E-state index in [1.807, 2.05) is 6.07 Å². The van der Waals surface area contributed by atoms with Crippen molar-refractivity contribution in [1.29, 1.82) is 5.26 Å². The van der Waals surface area contributed by atoms with Crippen LogP contribution in [0.4, 0.5) is 0 Å². The number of nitriles is 1. The van der Waals surface area contributed by atoms with Crippen molar-refractivity contribution < 1.29 is 14.6 Å². The van der Waals surface area contributed by atoms with E-state index in [9.17, 15) is 5.11 Å². The first-order chi connectivity index (χ1) is 14.7. The maximum atomic E-state index is 9.88. The smallest absolute Gasteiger partial charge is 0.225 e. The van der Waals surface area contributed by atoms with Gasteiger partial charge >= 0.3 is 0 Å². The van der Waals surface area contributed by atoms with E-state index in [1.165, 1.54) is 10.4 Å². The van der Waals surface area contributed by atoms with Crippen LogP contribution in [0, 0.1) is 11.3 Å². The topological polar surface area (TPSA) is 91.5 Å². The predicted octanol–water partition coefficient (Wildman–Crippen LogP) is 3.02. The summed E-state index contributed by atoms with van der Waals surface area (Å²) in [7, 11) is 0. The van der Waals surface area contributed by atoms with Crippen molar-refractivity contribution in [2.75, 3.05) is 26.3 Å². The van der Waals surface area contributed by atoms with Gasteiger partial charge in [0.15, 0.2) is 0 Å². The molecule has 30 heavy (non-hydrogen) atoms. The minimum absolute atomic E-state index is 0.175. The lowest BCUT2D eigenvalue weighted by molar-refractivity contribution is -0.00126. The van der Waals surface area contributed by atoms with Crippen molar-refractivity contribution in [3.05, 3.63) is 16.8 Å². The fourth-order valence-corrected chi connectivity index (χ4v) is 6.55. The zero-order valence-electron chi connectivity index (χ0n) is 17.1. The van der Waals surface area contributed by atoms with Crippen LogP contribution in [0.25, 0.3) is 10.2 Å². The monoisotopic (exact) mass is 428 g/mol. The van der Waals surface area contributed by atoms with Crippen LogP contribution in [-0.4, -0.2) is 64.5 Å². The summed E-state index contributed by atoms with van der Waals surface area (Å²) in [5.41, 5.74) is 1.21. The molecule has 1 saturated heterocycles. The summed E-state index contributed by atoms with van der Waals surface area (Å²) < 4.78 is 11.9. The number of thiophene rings is 1. The Labute approximate surface area is 180 Å². The first kappa shape index (κ1) is 20.1. The van der Waals surface area contributed by atoms with Crippen molar-refractivity contribution in [3.8, 4) is 11.9 Å². The minimum Gasteiger partial charge on any atom is -0.474 e. The van der Waals surface area contributed by atoms with E-state index in [0.29, 0.717) is 18.3 Å². The van der Waals surface area contributed by atoms with Gasteiger partial charge in [0.05, 0.1) is 24.7 Å². The molecule has 0 aromatic carbocycles. The summed E-state index contributed by atoms with van der Waals surface area (Å²) >= 11 is 1.71. The van der Waals surface area contributed by atoms with Crippen LogP contribution in [-0.2, 0) is 11.2 Å². The summed E-state index contributed by atoms with van der Waals surface area (Å²) in [6, 6.07) is 2.60. The van der Waals surface area contributed by atoms with Crippen LogP contribution in [0.2, 0.25) is 0 Å². The lowest BCUT2D eigenvalue weighted by Crippen LogP contribution is -2.46. The molecule has 160 valence electrons. The van der Waals surface area contributed by atoms with Crippen LogP contribution < -0.4 is 4.74 Å². The lowest BCUT2D eigenvalue weighted by atomic mass is 9.91. The van der Waals surface area contributed by atoms with Gasteiger partial charge in [-0.25, -0.2) is 9.97 Å². The summed E-state index contributed by atoms with van der Waals surface area (Å²) in [4.78, 5) is 13.8. The van der Waals surface area contributed by atoms with Crippen molar-refractivity contribution >= 4 is 21.6 Å². The van der Waals surface area contributed by atoms with Gasteiger partial charge in [0.25, 0.3) is 0 Å². The van der Waals surface area contributed by atoms with Crippen LogP contribution in [0.15, 0.2) is 6.33 Å². The van der Waals surface area contributed by atoms with Crippen LogP contribution in [0.5, 0.6) is 5.88 Å². The molecule has 2 aromatic heterocycles. The maximum absolute atomic E-state index is 9.88. The summed E-state index contributed by atoms with van der Waals surface area (Å²) in [6.07, 6.45) is 7.64. The SMILES string of the molecule is N#CC(O)C[C@H]1CCc2sc3ncnc(OC4CCC(N5CCOCC5)CC4)c3c21. The van der Waals surface area contributed by atoms with Gasteiger partial charge in [-0.15, -0.1) is 11.3 Å². The number of hydrogen-bond acceptors (Lipinski definition) is 8. The molecule has 1 unspecified atom stereocenters. The van der Waals surface area contributed by atoms with Gasteiger partial charge in [-0.2, -0.15) is 5.26 Å². The number of morpholine rings is 1. The number of fused-ring (bicyclic) bond motifs is 3. The number of hydrogen-bond donors (Lipinski definition) is 1. The van der Waals surface area contributed by atoms with Gasteiger partial charge < -0.3 is 14.6 Å². The Morgan fingerprint density at radius 1 is 1.23 bits per heavy atom. The molecular weight excluding hydrogens is 400 g/mol. The average Bonchev–Trinajstić information content (AvgIpc) is 3.35. The Kier molecular flexibility index (Phi) is 5.87. The number of aryl methyl sites for hydroxylation is 1. The van der Waals surface area contributed by atoms with Gasteiger partial charge in [-0.1, -0.05) is 0 Å². The molecule has 8 heteroatoms. The number of rotatable bonds is 5. The van der Waals surface area contributed by atoms with Gasteiger partial charge in [0.1, 0.15) is 23.4 Å². The Morgan fingerprint density at radius 2 is 2.03 bits per heavy atom. The second kappa shape index (κ2) is 8.75. The standard InChI is InChI=1S/C22H28N4O3S/c23-12-16(27)11-14-1-6-18-19(14)20-21(24-13-25-22(20)30-18)29-17-4-2-15(3-5-17)26-7-9-28-10-8-26/h13-17,27H,1-11H2/t14-,15?,16?,17?/m1/s1. The number of aliphatic hydroxyl groups excluding tert-OH is 1. The van der Waals surface area contributed by atoms with E-state index in [0.717, 1.165) is 75.0 Å². The molecule has 3 aliphatic rings. The van der Waals surface area contributed by atoms with Gasteiger partial charge in [0.2, 0.25) is 5.88 Å². The van der Waals surface area contributed by atoms with Crippen molar-refractivity contribution in [3.63, 3.8) is 0 Å². The molecule has 2 atom stereocenters. The molecule has 2 aliphatic carbocycles. The number of ether oxygens (including phenoxy) is 2. The molecule has 3 heterocycles. The molecular formula is C22H28N4O3S. The third-order valence-electron chi connectivity index (χ3n) is 6.84. The van der Waals surface area contributed by atoms with Crippen molar-refractivity contribution in [2.24, 2.45) is 0 Å². The van der Waals surface area contributed by atoms with Gasteiger partial charge in [-0.3, -0.25) is 4.90 Å². The Morgan fingerprint density at radius 3 is 2.80 bits per heavy atom. The van der Waals surface area contributed by atoms with E-state index in [4.69, 9.17) is 14.7 Å². The minimum atomic E-state index is -0.930. The zero-order valence-corrected chi connectivity index (χ0v) is 17.9. The molecule has 5 rings (SSSR count). The van der Waals surface area contributed by atoms with Crippen LogP contribution in [0.1, 0.15) is 54.9 Å².